The molecule has 116 valence electrons. The van der Waals surface area contributed by atoms with Crippen molar-refractivity contribution in [2.75, 3.05) is 4.90 Å². The second-order valence-electron chi connectivity index (χ2n) is 7.56. The Hall–Kier alpha value is -2.08. The number of rotatable bonds is 2. The van der Waals surface area contributed by atoms with Crippen LogP contribution < -0.4 is 4.90 Å². The Morgan fingerprint density at radius 2 is 1.91 bits per heavy atom. The third-order valence-corrected chi connectivity index (χ3v) is 4.65. The van der Waals surface area contributed by atoms with Crippen LogP contribution in [-0.2, 0) is 10.2 Å². The van der Waals surface area contributed by atoms with Gasteiger partial charge in [-0.1, -0.05) is 52.8 Å². The number of Topliss-reactive ketones (excluding diaryl/α,β-unsaturated/α-hetero) is 1. The summed E-state index contributed by atoms with van der Waals surface area (Å²) in [6.45, 7) is 12.0. The lowest BCUT2D eigenvalue weighted by atomic mass is 9.81. The summed E-state index contributed by atoms with van der Waals surface area (Å²) in [5.74, 6) is -0.121. The molecule has 1 aliphatic rings. The summed E-state index contributed by atoms with van der Waals surface area (Å²) in [7, 11) is 0. The average Bonchev–Trinajstić information content (AvgIpc) is 2.64. The first-order valence-electron chi connectivity index (χ1n) is 7.65. The summed E-state index contributed by atoms with van der Waals surface area (Å²) < 4.78 is 0. The first-order valence-corrected chi connectivity index (χ1v) is 7.65. The number of carbonyl (C=O) groups is 1. The van der Waals surface area contributed by atoms with Gasteiger partial charge in [-0.15, -0.1) is 0 Å². The highest BCUT2D eigenvalue weighted by Crippen LogP contribution is 2.45. The minimum atomic E-state index is -0.556. The number of allylic oxidation sites excluding steroid dienone is 1. The fraction of sp³-hybridized carbons (Fsp3) is 0.474. The van der Waals surface area contributed by atoms with E-state index in [9.17, 15) is 10.1 Å². The van der Waals surface area contributed by atoms with E-state index in [-0.39, 0.29) is 22.8 Å². The summed E-state index contributed by atoms with van der Waals surface area (Å²) >= 11 is 0. The molecule has 1 aliphatic heterocycles. The van der Waals surface area contributed by atoms with Gasteiger partial charge in [-0.3, -0.25) is 4.79 Å². The van der Waals surface area contributed by atoms with Crippen molar-refractivity contribution >= 4 is 11.5 Å². The van der Waals surface area contributed by atoms with Crippen molar-refractivity contribution in [2.45, 2.75) is 53.0 Å². The molecule has 0 aromatic heterocycles. The molecular weight excluding hydrogens is 272 g/mol. The van der Waals surface area contributed by atoms with Crippen molar-refractivity contribution in [3.63, 3.8) is 0 Å². The molecule has 0 fully saturated rings. The minimum Gasteiger partial charge on any atom is -0.343 e. The van der Waals surface area contributed by atoms with Crippen LogP contribution >= 0.6 is 0 Å². The molecule has 1 atom stereocenters. The number of benzene rings is 1. The molecular formula is C19H24N2O. The maximum Gasteiger partial charge on any atom is 0.180 e. The van der Waals surface area contributed by atoms with Gasteiger partial charge in [-0.05, 0) is 18.6 Å². The van der Waals surface area contributed by atoms with Crippen LogP contribution in [0.2, 0.25) is 0 Å². The Morgan fingerprint density at radius 3 is 2.45 bits per heavy atom. The molecule has 1 unspecified atom stereocenters. The Kier molecular flexibility index (Phi) is 3.91. The molecule has 3 nitrogen and oxygen atoms in total. The number of hydrogen-bond donors (Lipinski definition) is 0. The zero-order valence-corrected chi connectivity index (χ0v) is 14.3. The van der Waals surface area contributed by atoms with Crippen LogP contribution in [0.4, 0.5) is 5.69 Å². The maximum absolute atomic E-state index is 12.4. The number of anilines is 1. The monoisotopic (exact) mass is 296 g/mol. The molecule has 22 heavy (non-hydrogen) atoms. The lowest BCUT2D eigenvalue weighted by molar-refractivity contribution is -0.122. The molecule has 0 bridgehead atoms. The topological polar surface area (TPSA) is 44.1 Å². The second kappa shape index (κ2) is 5.28. The summed E-state index contributed by atoms with van der Waals surface area (Å²) in [5, 5.41) is 9.42. The molecule has 1 heterocycles. The molecule has 0 N–H and O–H groups in total. The van der Waals surface area contributed by atoms with Crippen LogP contribution in [0.1, 0.15) is 47.1 Å². The van der Waals surface area contributed by atoms with E-state index in [1.807, 2.05) is 39.0 Å². The van der Waals surface area contributed by atoms with E-state index < -0.39 is 5.41 Å². The van der Waals surface area contributed by atoms with Crippen LogP contribution in [0.3, 0.4) is 0 Å². The molecule has 0 radical (unpaired) electrons. The summed E-state index contributed by atoms with van der Waals surface area (Å²) in [5.41, 5.74) is 1.96. The predicted molar refractivity (Wildman–Crippen MR) is 89.6 cm³/mol. The Morgan fingerprint density at radius 1 is 1.32 bits per heavy atom. The summed E-state index contributed by atoms with van der Waals surface area (Å²) in [6, 6.07) is 10.5. The lowest BCUT2D eigenvalue weighted by Crippen LogP contribution is -2.36. The van der Waals surface area contributed by atoms with Crippen LogP contribution in [0, 0.1) is 16.7 Å². The summed E-state index contributed by atoms with van der Waals surface area (Å²) in [4.78, 5) is 14.5. The normalized spacial score (nSPS) is 20.5. The van der Waals surface area contributed by atoms with Gasteiger partial charge < -0.3 is 4.90 Å². The van der Waals surface area contributed by atoms with E-state index in [1.54, 1.807) is 6.20 Å². The van der Waals surface area contributed by atoms with Gasteiger partial charge in [0.1, 0.15) is 11.6 Å². The van der Waals surface area contributed by atoms with Crippen LogP contribution in [0.25, 0.3) is 0 Å². The molecule has 0 saturated carbocycles. The van der Waals surface area contributed by atoms with E-state index in [0.717, 1.165) is 5.69 Å². The smallest absolute Gasteiger partial charge is 0.180 e. The van der Waals surface area contributed by atoms with E-state index in [0.29, 0.717) is 0 Å². The van der Waals surface area contributed by atoms with Crippen molar-refractivity contribution in [2.24, 2.45) is 5.41 Å². The molecule has 3 heteroatoms. The zero-order valence-electron chi connectivity index (χ0n) is 14.3. The Bertz CT molecular complexity index is 671. The Balaban J connectivity index is 2.52. The Labute approximate surface area is 133 Å². The maximum atomic E-state index is 12.4. The number of nitriles is 1. The van der Waals surface area contributed by atoms with Gasteiger partial charge in [-0.2, -0.15) is 5.26 Å². The number of fused-ring (bicyclic) bond motifs is 1. The third kappa shape index (κ3) is 2.54. The summed E-state index contributed by atoms with van der Waals surface area (Å²) in [6.07, 6.45) is 1.73. The number of carbonyl (C=O) groups excluding carboxylic acids is 1. The van der Waals surface area contributed by atoms with Gasteiger partial charge in [0.15, 0.2) is 5.78 Å². The fourth-order valence-electron chi connectivity index (χ4n) is 2.89. The highest BCUT2D eigenvalue weighted by molar-refractivity contribution is 6.02. The second-order valence-corrected chi connectivity index (χ2v) is 7.56. The quantitative estimate of drug-likeness (QED) is 0.607. The fourth-order valence-corrected chi connectivity index (χ4v) is 2.89. The van der Waals surface area contributed by atoms with Crippen LogP contribution in [0.15, 0.2) is 36.0 Å². The van der Waals surface area contributed by atoms with Crippen molar-refractivity contribution in [3.05, 3.63) is 41.6 Å². The standard InChI is InChI=1S/C19H24N2O/c1-13-19(5,6)15-9-7-8-10-16(15)21(13)12-14(11-20)17(22)18(2,3)4/h7-10,12-13H,1-6H3/b14-12+. The molecule has 0 aliphatic carbocycles. The molecule has 0 saturated heterocycles. The average molecular weight is 296 g/mol. The first kappa shape index (κ1) is 16.3. The van der Waals surface area contributed by atoms with E-state index in [1.165, 1.54) is 5.56 Å². The van der Waals surface area contributed by atoms with Crippen molar-refractivity contribution in [3.8, 4) is 6.07 Å². The first-order chi connectivity index (χ1) is 10.1. The van der Waals surface area contributed by atoms with Gasteiger partial charge in [0.05, 0.1) is 0 Å². The number of nitrogens with zero attached hydrogens (tertiary/aromatic N) is 2. The van der Waals surface area contributed by atoms with E-state index >= 15 is 0 Å². The van der Waals surface area contributed by atoms with Crippen molar-refractivity contribution in [1.29, 1.82) is 5.26 Å². The van der Waals surface area contributed by atoms with Crippen LogP contribution in [0.5, 0.6) is 0 Å². The zero-order chi connectivity index (χ0) is 16.7. The SMILES string of the molecule is CC1N(/C=C(\C#N)C(=O)C(C)(C)C)c2ccccc2C1(C)C. The number of hydrogen-bond acceptors (Lipinski definition) is 3. The largest absolute Gasteiger partial charge is 0.343 e. The third-order valence-electron chi connectivity index (χ3n) is 4.65. The number of ketones is 1. The van der Waals surface area contributed by atoms with Gasteiger partial charge in [0.2, 0.25) is 0 Å². The predicted octanol–water partition coefficient (Wildman–Crippen LogP) is 4.20. The van der Waals surface area contributed by atoms with E-state index in [4.69, 9.17) is 0 Å². The van der Waals surface area contributed by atoms with Crippen LogP contribution in [-0.4, -0.2) is 11.8 Å². The lowest BCUT2D eigenvalue weighted by Gasteiger charge is -2.29. The van der Waals surface area contributed by atoms with E-state index in [2.05, 4.69) is 37.8 Å². The highest BCUT2D eigenvalue weighted by Gasteiger charge is 2.41. The highest BCUT2D eigenvalue weighted by atomic mass is 16.1. The molecule has 1 aromatic rings. The molecule has 0 amide bonds. The van der Waals surface area contributed by atoms with Gasteiger partial charge in [0.25, 0.3) is 0 Å². The van der Waals surface area contributed by atoms with Gasteiger partial charge in [-0.25, -0.2) is 0 Å². The van der Waals surface area contributed by atoms with Crippen molar-refractivity contribution in [1.82, 2.24) is 0 Å². The molecule has 0 spiro atoms. The number of para-hydroxylation sites is 1. The minimum absolute atomic E-state index is 0.0293. The van der Waals surface area contributed by atoms with Crippen molar-refractivity contribution < 1.29 is 4.79 Å². The molecule has 1 aromatic carbocycles. The molecule has 2 rings (SSSR count). The van der Waals surface area contributed by atoms with Gasteiger partial charge >= 0.3 is 0 Å². The van der Waals surface area contributed by atoms with Gasteiger partial charge in [0, 0.05) is 28.8 Å².